The topological polar surface area (TPSA) is 95.3 Å². The molecule has 0 radical (unpaired) electrons. The second-order valence-electron chi connectivity index (χ2n) is 6.23. The van der Waals surface area contributed by atoms with E-state index in [9.17, 15) is 9.59 Å². The predicted molar refractivity (Wildman–Crippen MR) is 117 cm³/mol. The highest BCUT2D eigenvalue weighted by molar-refractivity contribution is 7.99. The van der Waals surface area contributed by atoms with E-state index in [1.54, 1.807) is 13.2 Å². The van der Waals surface area contributed by atoms with Gasteiger partial charge in [-0.25, -0.2) is 4.79 Å². The highest BCUT2D eigenvalue weighted by Crippen LogP contribution is 2.30. The van der Waals surface area contributed by atoms with Gasteiger partial charge in [-0.05, 0) is 24.6 Å². The second kappa shape index (κ2) is 9.77. The standard InChI is InChI=1S/C20H22N4O4S2/c1-5-14-10-15(19(26)28-4)18(30-14)21-16(25)11-29-20-23-22-17(24(20)2)12-7-6-8-13(9-12)27-3/h6-10H,5,11H2,1-4H3,(H,21,25). The van der Waals surface area contributed by atoms with Crippen molar-refractivity contribution in [3.63, 3.8) is 0 Å². The van der Waals surface area contributed by atoms with Gasteiger partial charge in [0.15, 0.2) is 11.0 Å². The van der Waals surface area contributed by atoms with Crippen LogP contribution in [0.2, 0.25) is 0 Å². The van der Waals surface area contributed by atoms with Crippen LogP contribution in [0.5, 0.6) is 5.75 Å². The maximum atomic E-state index is 12.5. The van der Waals surface area contributed by atoms with Crippen molar-refractivity contribution in [1.29, 1.82) is 0 Å². The van der Waals surface area contributed by atoms with Gasteiger partial charge in [-0.3, -0.25) is 4.79 Å². The third-order valence-corrected chi connectivity index (χ3v) is 6.50. The van der Waals surface area contributed by atoms with E-state index in [0.717, 1.165) is 22.6 Å². The van der Waals surface area contributed by atoms with Gasteiger partial charge in [-0.2, -0.15) is 0 Å². The quantitative estimate of drug-likeness (QED) is 0.417. The molecule has 0 aliphatic heterocycles. The lowest BCUT2D eigenvalue weighted by atomic mass is 10.2. The van der Waals surface area contributed by atoms with Crippen molar-refractivity contribution in [2.45, 2.75) is 18.5 Å². The highest BCUT2D eigenvalue weighted by atomic mass is 32.2. The van der Waals surface area contributed by atoms with Crippen molar-refractivity contribution in [2.75, 3.05) is 25.3 Å². The van der Waals surface area contributed by atoms with Gasteiger partial charge in [0.25, 0.3) is 0 Å². The number of thiophene rings is 1. The minimum absolute atomic E-state index is 0.129. The van der Waals surface area contributed by atoms with Gasteiger partial charge >= 0.3 is 5.97 Å². The number of rotatable bonds is 8. The van der Waals surface area contributed by atoms with Gasteiger partial charge in [0, 0.05) is 17.5 Å². The molecule has 10 heteroatoms. The highest BCUT2D eigenvalue weighted by Gasteiger charge is 2.19. The van der Waals surface area contributed by atoms with Gasteiger partial charge in [-0.1, -0.05) is 30.8 Å². The Morgan fingerprint density at radius 2 is 2.03 bits per heavy atom. The molecule has 8 nitrogen and oxygen atoms in total. The Bertz CT molecular complexity index is 1060. The van der Waals surface area contributed by atoms with Crippen LogP contribution in [0, 0.1) is 0 Å². The zero-order chi connectivity index (χ0) is 21.7. The van der Waals surface area contributed by atoms with Crippen molar-refractivity contribution in [3.8, 4) is 17.1 Å². The summed E-state index contributed by atoms with van der Waals surface area (Å²) in [5, 5.41) is 12.3. The Morgan fingerprint density at radius 1 is 1.23 bits per heavy atom. The first-order chi connectivity index (χ1) is 14.5. The first kappa shape index (κ1) is 21.8. The summed E-state index contributed by atoms with van der Waals surface area (Å²) >= 11 is 2.64. The van der Waals surface area contributed by atoms with Gasteiger partial charge in [0.1, 0.15) is 10.8 Å². The van der Waals surface area contributed by atoms with E-state index in [4.69, 9.17) is 9.47 Å². The lowest BCUT2D eigenvalue weighted by Gasteiger charge is -2.06. The maximum absolute atomic E-state index is 12.5. The van der Waals surface area contributed by atoms with E-state index in [-0.39, 0.29) is 11.7 Å². The van der Waals surface area contributed by atoms with Gasteiger partial charge < -0.3 is 19.4 Å². The number of methoxy groups -OCH3 is 2. The summed E-state index contributed by atoms with van der Waals surface area (Å²) in [6.07, 6.45) is 0.769. The molecule has 0 spiro atoms. The van der Waals surface area contributed by atoms with Crippen LogP contribution < -0.4 is 10.1 Å². The fourth-order valence-corrected chi connectivity index (χ4v) is 4.43. The van der Waals surface area contributed by atoms with E-state index in [0.29, 0.717) is 21.5 Å². The number of hydrogen-bond donors (Lipinski definition) is 1. The molecule has 0 saturated carbocycles. The summed E-state index contributed by atoms with van der Waals surface area (Å²) in [5.74, 6) is 0.832. The number of esters is 1. The lowest BCUT2D eigenvalue weighted by Crippen LogP contribution is -2.16. The van der Waals surface area contributed by atoms with Crippen molar-refractivity contribution < 1.29 is 19.1 Å². The molecule has 2 aromatic heterocycles. The van der Waals surface area contributed by atoms with Crippen LogP contribution in [-0.4, -0.2) is 46.6 Å². The van der Waals surface area contributed by atoms with Crippen LogP contribution >= 0.6 is 23.1 Å². The number of carbonyl (C=O) groups excluding carboxylic acids is 2. The van der Waals surface area contributed by atoms with Gasteiger partial charge in [0.2, 0.25) is 5.91 Å². The van der Waals surface area contributed by atoms with Crippen LogP contribution in [0.15, 0.2) is 35.5 Å². The Labute approximate surface area is 182 Å². The molecule has 1 N–H and O–H groups in total. The zero-order valence-electron chi connectivity index (χ0n) is 17.1. The second-order valence-corrected chi connectivity index (χ2v) is 8.31. The van der Waals surface area contributed by atoms with Crippen LogP contribution in [0.1, 0.15) is 22.2 Å². The van der Waals surface area contributed by atoms with Gasteiger partial charge in [0.05, 0.1) is 25.5 Å². The molecule has 158 valence electrons. The van der Waals surface area contributed by atoms with Crippen LogP contribution in [0.25, 0.3) is 11.4 Å². The average molecular weight is 447 g/mol. The summed E-state index contributed by atoms with van der Waals surface area (Å²) in [4.78, 5) is 25.4. The fraction of sp³-hybridized carbons (Fsp3) is 0.300. The van der Waals surface area contributed by atoms with Crippen LogP contribution in [-0.2, 0) is 23.0 Å². The van der Waals surface area contributed by atoms with Gasteiger partial charge in [-0.15, -0.1) is 21.5 Å². The maximum Gasteiger partial charge on any atom is 0.340 e. The molecule has 0 unspecified atom stereocenters. The number of thioether (sulfide) groups is 1. The third-order valence-electron chi connectivity index (χ3n) is 4.29. The molecule has 0 aliphatic carbocycles. The normalized spacial score (nSPS) is 10.7. The first-order valence-electron chi connectivity index (χ1n) is 9.14. The summed E-state index contributed by atoms with van der Waals surface area (Å²) in [6.45, 7) is 1.99. The molecule has 0 saturated heterocycles. The molecular formula is C20H22N4O4S2. The molecule has 30 heavy (non-hydrogen) atoms. The molecule has 0 aliphatic rings. The number of ether oxygens (including phenoxy) is 2. The molecule has 0 fully saturated rings. The summed E-state index contributed by atoms with van der Waals surface area (Å²) in [7, 11) is 4.77. The monoisotopic (exact) mass is 446 g/mol. The SMILES string of the molecule is CCc1cc(C(=O)OC)c(NC(=O)CSc2nnc(-c3cccc(OC)c3)n2C)s1. The summed E-state index contributed by atoms with van der Waals surface area (Å²) in [5.41, 5.74) is 1.24. The number of aryl methyl sites for hydroxylation is 1. The fourth-order valence-electron chi connectivity index (χ4n) is 2.72. The van der Waals surface area contributed by atoms with E-state index in [1.807, 2.05) is 42.8 Å². The molecule has 1 aromatic carbocycles. The summed E-state index contributed by atoms with van der Waals surface area (Å²) in [6, 6.07) is 9.29. The molecule has 0 bridgehead atoms. The molecule has 1 amide bonds. The molecule has 2 heterocycles. The first-order valence-corrected chi connectivity index (χ1v) is 10.9. The number of carbonyl (C=O) groups is 2. The molecular weight excluding hydrogens is 424 g/mol. The van der Waals surface area contributed by atoms with E-state index in [2.05, 4.69) is 15.5 Å². The summed E-state index contributed by atoms with van der Waals surface area (Å²) < 4.78 is 11.9. The Balaban J connectivity index is 1.68. The van der Waals surface area contributed by atoms with Crippen molar-refractivity contribution in [2.24, 2.45) is 7.05 Å². The van der Waals surface area contributed by atoms with Crippen molar-refractivity contribution in [3.05, 3.63) is 40.8 Å². The molecule has 3 aromatic rings. The van der Waals surface area contributed by atoms with Crippen LogP contribution in [0.4, 0.5) is 5.00 Å². The molecule has 3 rings (SSSR count). The minimum Gasteiger partial charge on any atom is -0.497 e. The smallest absolute Gasteiger partial charge is 0.340 e. The van der Waals surface area contributed by atoms with E-state index >= 15 is 0 Å². The van der Waals surface area contributed by atoms with Crippen LogP contribution in [0.3, 0.4) is 0 Å². The number of benzene rings is 1. The minimum atomic E-state index is -0.467. The van der Waals surface area contributed by atoms with Crippen molar-refractivity contribution in [1.82, 2.24) is 14.8 Å². The van der Waals surface area contributed by atoms with E-state index in [1.165, 1.54) is 30.2 Å². The number of anilines is 1. The average Bonchev–Trinajstić information content (AvgIpc) is 3.34. The Morgan fingerprint density at radius 3 is 2.73 bits per heavy atom. The lowest BCUT2D eigenvalue weighted by molar-refractivity contribution is -0.113. The Kier molecular flexibility index (Phi) is 7.11. The Hall–Kier alpha value is -2.85. The predicted octanol–water partition coefficient (Wildman–Crippen LogP) is 3.63. The number of nitrogens with one attached hydrogen (secondary N) is 1. The number of amides is 1. The van der Waals surface area contributed by atoms with Crippen molar-refractivity contribution >= 4 is 40.0 Å². The largest absolute Gasteiger partial charge is 0.497 e. The number of nitrogens with zero attached hydrogens (tertiary/aromatic N) is 3. The third kappa shape index (κ3) is 4.82. The molecule has 0 atom stereocenters. The number of aromatic nitrogens is 3. The number of hydrogen-bond acceptors (Lipinski definition) is 8. The zero-order valence-corrected chi connectivity index (χ0v) is 18.7. The van der Waals surface area contributed by atoms with E-state index < -0.39 is 5.97 Å².